The molecule has 0 aliphatic carbocycles. The van der Waals surface area contributed by atoms with E-state index in [1.54, 1.807) is 22.9 Å². The minimum Gasteiger partial charge on any atom is -0.454 e. The summed E-state index contributed by atoms with van der Waals surface area (Å²) in [6.07, 6.45) is 0. The topological polar surface area (TPSA) is 82.5 Å². The first kappa shape index (κ1) is 17.9. The zero-order valence-electron chi connectivity index (χ0n) is 16.0. The van der Waals surface area contributed by atoms with Crippen LogP contribution in [0, 0.1) is 13.8 Å². The Labute approximate surface area is 170 Å². The summed E-state index contributed by atoms with van der Waals surface area (Å²) in [5.41, 5.74) is 5.16. The quantitative estimate of drug-likeness (QED) is 0.718. The fourth-order valence-corrected chi connectivity index (χ4v) is 4.88. The Balaban J connectivity index is 1.56. The van der Waals surface area contributed by atoms with E-state index in [-0.39, 0.29) is 12.7 Å². The molecule has 7 nitrogen and oxygen atoms in total. The first-order valence-corrected chi connectivity index (χ1v) is 10.7. The highest BCUT2D eigenvalue weighted by atomic mass is 32.2. The first-order chi connectivity index (χ1) is 14.0. The Morgan fingerprint density at radius 1 is 1.14 bits per heavy atom. The van der Waals surface area contributed by atoms with Crippen molar-refractivity contribution in [3.8, 4) is 17.2 Å². The lowest BCUT2D eigenvalue weighted by Gasteiger charge is -2.14. The molecule has 1 atom stereocenters. The van der Waals surface area contributed by atoms with Gasteiger partial charge in [-0.05, 0) is 49.2 Å². The van der Waals surface area contributed by atoms with Crippen LogP contribution in [-0.2, 0) is 22.3 Å². The number of rotatable bonds is 3. The van der Waals surface area contributed by atoms with Crippen molar-refractivity contribution in [1.29, 1.82) is 0 Å². The van der Waals surface area contributed by atoms with Crippen molar-refractivity contribution in [3.05, 3.63) is 64.3 Å². The van der Waals surface area contributed by atoms with E-state index in [0.29, 0.717) is 34.4 Å². The average molecular weight is 409 g/mol. The Kier molecular flexibility index (Phi) is 4.16. The normalized spacial score (nSPS) is 16.7. The van der Waals surface area contributed by atoms with Gasteiger partial charge < -0.3 is 14.8 Å². The number of aromatic nitrogens is 2. The highest BCUT2D eigenvalue weighted by Crippen LogP contribution is 2.35. The van der Waals surface area contributed by atoms with Gasteiger partial charge >= 0.3 is 0 Å². The Hall–Kier alpha value is -3.13. The van der Waals surface area contributed by atoms with Crippen molar-refractivity contribution >= 4 is 22.5 Å². The summed E-state index contributed by atoms with van der Waals surface area (Å²) >= 11 is 0. The number of ether oxygens (including phenoxy) is 2. The van der Waals surface area contributed by atoms with Gasteiger partial charge in [0.15, 0.2) is 11.5 Å². The monoisotopic (exact) mass is 409 g/mol. The van der Waals surface area contributed by atoms with Crippen molar-refractivity contribution in [2.45, 2.75) is 25.4 Å². The maximum Gasteiger partial charge on any atom is 0.256 e. The van der Waals surface area contributed by atoms with Gasteiger partial charge in [0.1, 0.15) is 5.82 Å². The molecule has 1 amide bonds. The molecule has 148 valence electrons. The lowest BCUT2D eigenvalue weighted by Crippen LogP contribution is -2.17. The zero-order chi connectivity index (χ0) is 20.1. The van der Waals surface area contributed by atoms with Crippen LogP contribution in [0.5, 0.6) is 11.5 Å². The van der Waals surface area contributed by atoms with Crippen LogP contribution in [0.1, 0.15) is 32.7 Å². The molecule has 3 heterocycles. The molecule has 0 fully saturated rings. The maximum atomic E-state index is 13.0. The van der Waals surface area contributed by atoms with E-state index < -0.39 is 10.8 Å². The van der Waals surface area contributed by atoms with Crippen LogP contribution in [0.25, 0.3) is 5.69 Å². The second-order valence-corrected chi connectivity index (χ2v) is 8.61. The van der Waals surface area contributed by atoms with Crippen LogP contribution in [0.15, 0.2) is 36.4 Å². The minimum absolute atomic E-state index is 0.152. The molecule has 0 unspecified atom stereocenters. The van der Waals surface area contributed by atoms with Gasteiger partial charge in [0.25, 0.3) is 5.91 Å². The first-order valence-electron chi connectivity index (χ1n) is 9.24. The van der Waals surface area contributed by atoms with Crippen LogP contribution < -0.4 is 14.8 Å². The van der Waals surface area contributed by atoms with E-state index in [0.717, 1.165) is 28.1 Å². The van der Waals surface area contributed by atoms with E-state index in [1.165, 1.54) is 0 Å². The van der Waals surface area contributed by atoms with Crippen LogP contribution in [0.4, 0.5) is 5.82 Å². The third-order valence-electron chi connectivity index (χ3n) is 5.34. The highest BCUT2D eigenvalue weighted by molar-refractivity contribution is 7.83. The van der Waals surface area contributed by atoms with Crippen LogP contribution >= 0.6 is 0 Å². The molecule has 0 saturated heterocycles. The molecule has 1 N–H and O–H groups in total. The number of benzene rings is 2. The third kappa shape index (κ3) is 3.00. The summed E-state index contributed by atoms with van der Waals surface area (Å²) in [7, 11) is -0.996. The summed E-state index contributed by atoms with van der Waals surface area (Å²) in [6, 6.07) is 11.0. The average Bonchev–Trinajstić information content (AvgIpc) is 3.39. The van der Waals surface area contributed by atoms with E-state index in [4.69, 9.17) is 9.47 Å². The molecule has 5 rings (SSSR count). The predicted molar refractivity (Wildman–Crippen MR) is 109 cm³/mol. The second kappa shape index (κ2) is 6.73. The molecule has 8 heteroatoms. The fraction of sp³-hybridized carbons (Fsp3) is 0.238. The SMILES string of the molecule is Cc1cccc(-n2nc3c(c2NC(=O)c2ccc4c(c2)OCO4)C[S@](=O)C3)c1C. The number of carbonyl (C=O) groups excluding carboxylic acids is 1. The highest BCUT2D eigenvalue weighted by Gasteiger charge is 2.29. The smallest absolute Gasteiger partial charge is 0.256 e. The van der Waals surface area contributed by atoms with Crippen molar-refractivity contribution in [2.24, 2.45) is 0 Å². The summed E-state index contributed by atoms with van der Waals surface area (Å²) < 4.78 is 24.5. The lowest BCUT2D eigenvalue weighted by molar-refractivity contribution is 0.102. The summed E-state index contributed by atoms with van der Waals surface area (Å²) in [5.74, 6) is 2.25. The molecule has 0 bridgehead atoms. The van der Waals surface area contributed by atoms with Gasteiger partial charge in [-0.2, -0.15) is 5.10 Å². The number of anilines is 1. The van der Waals surface area contributed by atoms with Crippen LogP contribution in [0.2, 0.25) is 0 Å². The van der Waals surface area contributed by atoms with Gasteiger partial charge in [-0.25, -0.2) is 4.68 Å². The number of nitrogens with one attached hydrogen (secondary N) is 1. The molecule has 2 aliphatic heterocycles. The Bertz CT molecular complexity index is 1180. The Morgan fingerprint density at radius 3 is 2.83 bits per heavy atom. The largest absolute Gasteiger partial charge is 0.454 e. The molecule has 3 aromatic rings. The standard InChI is InChI=1S/C21H19N3O4S/c1-12-4-3-5-17(13(12)2)24-20(15-9-29(26)10-16(15)23-24)22-21(25)14-6-7-18-19(8-14)28-11-27-18/h3-8H,9-11H2,1-2H3,(H,22,25)/t29-/m0/s1. The molecule has 29 heavy (non-hydrogen) atoms. The fourth-order valence-electron chi connectivity index (χ4n) is 3.61. The number of amides is 1. The number of hydrogen-bond donors (Lipinski definition) is 1. The molecular weight excluding hydrogens is 390 g/mol. The predicted octanol–water partition coefficient (Wildman–Crippen LogP) is 3.23. The maximum absolute atomic E-state index is 13.0. The zero-order valence-corrected chi connectivity index (χ0v) is 16.8. The van der Waals surface area contributed by atoms with Gasteiger partial charge in [-0.3, -0.25) is 9.00 Å². The molecule has 0 spiro atoms. The van der Waals surface area contributed by atoms with Crippen molar-refractivity contribution in [2.75, 3.05) is 12.1 Å². The van der Waals surface area contributed by atoms with Crippen LogP contribution in [0.3, 0.4) is 0 Å². The van der Waals surface area contributed by atoms with Gasteiger partial charge in [-0.15, -0.1) is 0 Å². The molecular formula is C21H19N3O4S. The molecule has 0 radical (unpaired) electrons. The second-order valence-electron chi connectivity index (χ2n) is 7.16. The van der Waals surface area contributed by atoms with Gasteiger partial charge in [0, 0.05) is 21.9 Å². The Morgan fingerprint density at radius 2 is 1.97 bits per heavy atom. The number of hydrogen-bond acceptors (Lipinski definition) is 5. The van der Waals surface area contributed by atoms with Gasteiger partial charge in [0.05, 0.1) is 22.9 Å². The number of aryl methyl sites for hydroxylation is 1. The number of carbonyl (C=O) groups is 1. The summed E-state index contributed by atoms with van der Waals surface area (Å²) in [4.78, 5) is 13.0. The van der Waals surface area contributed by atoms with E-state index in [2.05, 4.69) is 10.4 Å². The summed E-state index contributed by atoms with van der Waals surface area (Å²) in [5, 5.41) is 7.68. The molecule has 1 aromatic heterocycles. The molecule has 2 aliphatic rings. The van der Waals surface area contributed by atoms with Crippen molar-refractivity contribution in [1.82, 2.24) is 9.78 Å². The molecule has 0 saturated carbocycles. The van der Waals surface area contributed by atoms with Gasteiger partial charge in [0.2, 0.25) is 6.79 Å². The summed E-state index contributed by atoms with van der Waals surface area (Å²) in [6.45, 7) is 4.22. The third-order valence-corrected chi connectivity index (χ3v) is 6.55. The minimum atomic E-state index is -0.996. The number of nitrogens with zero attached hydrogens (tertiary/aromatic N) is 2. The van der Waals surface area contributed by atoms with E-state index in [9.17, 15) is 9.00 Å². The van der Waals surface area contributed by atoms with Gasteiger partial charge in [-0.1, -0.05) is 12.1 Å². The molecule has 2 aromatic carbocycles. The van der Waals surface area contributed by atoms with Crippen molar-refractivity contribution in [3.63, 3.8) is 0 Å². The lowest BCUT2D eigenvalue weighted by atomic mass is 10.1. The van der Waals surface area contributed by atoms with Crippen molar-refractivity contribution < 1.29 is 18.5 Å². The van der Waals surface area contributed by atoms with E-state index in [1.807, 2.05) is 32.0 Å². The van der Waals surface area contributed by atoms with Crippen LogP contribution in [-0.4, -0.2) is 26.7 Å². The van der Waals surface area contributed by atoms with E-state index >= 15 is 0 Å². The number of fused-ring (bicyclic) bond motifs is 2.